The van der Waals surface area contributed by atoms with Crippen molar-refractivity contribution in [1.82, 2.24) is 0 Å². The van der Waals surface area contributed by atoms with Crippen molar-refractivity contribution in [2.75, 3.05) is 0 Å². The molecule has 0 N–H and O–H groups in total. The molecule has 3 aromatic rings. The largest absolute Gasteiger partial charge is 0.744 e. The summed E-state index contributed by atoms with van der Waals surface area (Å²) in [7, 11) is -13.7. The topological polar surface area (TPSA) is 172 Å². The van der Waals surface area contributed by atoms with Gasteiger partial charge in [-0.15, -0.1) is 0 Å². The molecule has 0 aliphatic heterocycles. The summed E-state index contributed by atoms with van der Waals surface area (Å²) in [6, 6.07) is 16.9. The molecular weight excluding hydrogens is 528 g/mol. The Morgan fingerprint density at radius 1 is 0.583 bits per heavy atom. The van der Waals surface area contributed by atoms with Crippen LogP contribution in [0.15, 0.2) is 87.5 Å². The SMILES string of the molecule is CC(CC(CCc1ccc(S(=O)(=O)[O-])cc1)c1ccc(S(=O)(=O)[O-])cc1)c1ccc(S(=O)(=O)[O-])cc1. The maximum Gasteiger partial charge on any atom is 0.124 e. The molecule has 0 aliphatic carbocycles. The molecule has 0 heterocycles. The van der Waals surface area contributed by atoms with E-state index in [2.05, 4.69) is 0 Å². The Kier molecular flexibility index (Phi) is 8.38. The number of rotatable bonds is 10. The van der Waals surface area contributed by atoms with E-state index in [0.717, 1.165) is 16.7 Å². The summed E-state index contributed by atoms with van der Waals surface area (Å²) in [5, 5.41) is 0. The number of benzene rings is 3. The molecule has 3 rings (SSSR count). The number of hydrogen-bond donors (Lipinski definition) is 0. The third-order valence-corrected chi connectivity index (χ3v) is 8.56. The molecule has 0 spiro atoms. The van der Waals surface area contributed by atoms with Gasteiger partial charge in [-0.3, -0.25) is 0 Å². The highest BCUT2D eigenvalue weighted by atomic mass is 32.2. The highest BCUT2D eigenvalue weighted by Gasteiger charge is 2.18. The van der Waals surface area contributed by atoms with E-state index in [4.69, 9.17) is 0 Å². The number of hydrogen-bond acceptors (Lipinski definition) is 9. The van der Waals surface area contributed by atoms with Crippen LogP contribution in [0.5, 0.6) is 0 Å². The molecule has 0 aromatic heterocycles. The van der Waals surface area contributed by atoms with Gasteiger partial charge in [0.1, 0.15) is 30.4 Å². The molecular formula is C24H23O9S3-3. The van der Waals surface area contributed by atoms with E-state index in [1.54, 1.807) is 36.4 Å². The fraction of sp³-hybridized carbons (Fsp3) is 0.250. The van der Waals surface area contributed by atoms with Gasteiger partial charge >= 0.3 is 0 Å². The van der Waals surface area contributed by atoms with E-state index in [9.17, 15) is 38.9 Å². The molecule has 12 heteroatoms. The van der Waals surface area contributed by atoms with Crippen LogP contribution in [0.4, 0.5) is 0 Å². The van der Waals surface area contributed by atoms with Crippen molar-refractivity contribution < 1.29 is 38.9 Å². The molecule has 2 atom stereocenters. The van der Waals surface area contributed by atoms with Gasteiger partial charge in [0.25, 0.3) is 0 Å². The fourth-order valence-corrected chi connectivity index (χ4v) is 5.43. The first-order chi connectivity index (χ1) is 16.6. The van der Waals surface area contributed by atoms with Gasteiger partial charge in [-0.25, -0.2) is 25.3 Å². The zero-order valence-electron chi connectivity index (χ0n) is 19.1. The highest BCUT2D eigenvalue weighted by Crippen LogP contribution is 2.34. The van der Waals surface area contributed by atoms with Crippen LogP contribution in [-0.4, -0.2) is 38.9 Å². The van der Waals surface area contributed by atoms with Gasteiger partial charge in [0.15, 0.2) is 0 Å². The molecule has 36 heavy (non-hydrogen) atoms. The lowest BCUT2D eigenvalue weighted by molar-refractivity contribution is 0.461. The van der Waals surface area contributed by atoms with Crippen LogP contribution in [-0.2, 0) is 36.8 Å². The third kappa shape index (κ3) is 7.45. The Hall–Kier alpha value is -2.61. The van der Waals surface area contributed by atoms with Crippen LogP contribution in [0.25, 0.3) is 0 Å². The molecule has 0 saturated heterocycles. The van der Waals surface area contributed by atoms with Crippen LogP contribution in [0.1, 0.15) is 48.3 Å². The van der Waals surface area contributed by atoms with Crippen LogP contribution in [0.2, 0.25) is 0 Å². The van der Waals surface area contributed by atoms with E-state index >= 15 is 0 Å². The minimum absolute atomic E-state index is 0.0747. The summed E-state index contributed by atoms with van der Waals surface area (Å²) < 4.78 is 101. The van der Waals surface area contributed by atoms with Crippen molar-refractivity contribution in [3.63, 3.8) is 0 Å². The molecule has 0 fully saturated rings. The number of aryl methyl sites for hydroxylation is 1. The molecule has 9 nitrogen and oxygen atoms in total. The quantitative estimate of drug-likeness (QED) is 0.343. The first-order valence-electron chi connectivity index (χ1n) is 10.8. The monoisotopic (exact) mass is 551 g/mol. The summed E-state index contributed by atoms with van der Waals surface area (Å²) in [5.41, 5.74) is 2.38. The lowest BCUT2D eigenvalue weighted by Gasteiger charge is -2.23. The van der Waals surface area contributed by atoms with Crippen molar-refractivity contribution in [3.05, 3.63) is 89.5 Å². The molecule has 0 radical (unpaired) electrons. The second-order valence-corrected chi connectivity index (χ2v) is 12.7. The van der Waals surface area contributed by atoms with Gasteiger partial charge in [-0.05, 0) is 84.2 Å². The lowest BCUT2D eigenvalue weighted by atomic mass is 9.83. The van der Waals surface area contributed by atoms with Crippen LogP contribution in [0.3, 0.4) is 0 Å². The molecule has 0 aliphatic rings. The van der Waals surface area contributed by atoms with Gasteiger partial charge in [0.2, 0.25) is 0 Å². The Balaban J connectivity index is 1.84. The van der Waals surface area contributed by atoms with Crippen molar-refractivity contribution in [3.8, 4) is 0 Å². The van der Waals surface area contributed by atoms with Gasteiger partial charge in [-0.1, -0.05) is 43.3 Å². The predicted molar refractivity (Wildman–Crippen MR) is 127 cm³/mol. The van der Waals surface area contributed by atoms with Gasteiger partial charge in [0.05, 0.1) is 14.7 Å². The Labute approximate surface area is 211 Å². The lowest BCUT2D eigenvalue weighted by Crippen LogP contribution is -2.08. The van der Waals surface area contributed by atoms with Crippen molar-refractivity contribution in [2.24, 2.45) is 0 Å². The van der Waals surface area contributed by atoms with E-state index in [1.807, 2.05) is 6.92 Å². The highest BCUT2D eigenvalue weighted by molar-refractivity contribution is 7.86. The maximum atomic E-state index is 11.3. The van der Waals surface area contributed by atoms with Crippen LogP contribution >= 0.6 is 0 Å². The molecule has 3 aromatic carbocycles. The summed E-state index contributed by atoms with van der Waals surface area (Å²) in [4.78, 5) is -0.996. The van der Waals surface area contributed by atoms with Crippen LogP contribution < -0.4 is 0 Å². The Bertz CT molecular complexity index is 1510. The van der Waals surface area contributed by atoms with Gasteiger partial charge in [0, 0.05) is 0 Å². The minimum Gasteiger partial charge on any atom is -0.744 e. The summed E-state index contributed by atoms with van der Waals surface area (Å²) in [6.07, 6.45) is 1.66. The summed E-state index contributed by atoms with van der Waals surface area (Å²) >= 11 is 0. The second kappa shape index (κ2) is 10.8. The van der Waals surface area contributed by atoms with Crippen molar-refractivity contribution in [1.29, 1.82) is 0 Å². The van der Waals surface area contributed by atoms with E-state index in [1.165, 1.54) is 36.4 Å². The smallest absolute Gasteiger partial charge is 0.124 e. The second-order valence-electron chi connectivity index (χ2n) is 8.52. The summed E-state index contributed by atoms with van der Waals surface area (Å²) in [5.74, 6) is -0.191. The van der Waals surface area contributed by atoms with Crippen molar-refractivity contribution >= 4 is 30.4 Å². The standard InChI is InChI=1S/C24H26O9S3/c1-17(19-6-12-23(13-7-19)35(28,29)30)16-21(20-8-14-24(15-9-20)36(31,32)33)5-2-18-3-10-22(11-4-18)34(25,26)27/h3-4,6-15,17,21H,2,5,16H2,1H3,(H,25,26,27)(H,28,29,30)(H,31,32,33)/p-3. The Morgan fingerprint density at radius 3 is 1.33 bits per heavy atom. The minimum atomic E-state index is -4.60. The van der Waals surface area contributed by atoms with Crippen molar-refractivity contribution in [2.45, 2.75) is 52.7 Å². The molecule has 2 unspecified atom stereocenters. The van der Waals surface area contributed by atoms with E-state index < -0.39 is 30.4 Å². The zero-order valence-corrected chi connectivity index (χ0v) is 21.6. The first kappa shape index (κ1) is 28.0. The predicted octanol–water partition coefficient (Wildman–Crippen LogP) is 3.31. The molecule has 0 amide bonds. The van der Waals surface area contributed by atoms with Gasteiger partial charge in [-0.2, -0.15) is 0 Å². The Morgan fingerprint density at radius 2 is 0.944 bits per heavy atom. The molecule has 0 saturated carbocycles. The third-order valence-electron chi connectivity index (χ3n) is 6.01. The fourth-order valence-electron chi connectivity index (χ4n) is 4.02. The maximum absolute atomic E-state index is 11.3. The van der Waals surface area contributed by atoms with Crippen LogP contribution in [0, 0.1) is 0 Å². The average molecular weight is 552 g/mol. The van der Waals surface area contributed by atoms with E-state index in [0.29, 0.717) is 19.3 Å². The van der Waals surface area contributed by atoms with Gasteiger partial charge < -0.3 is 13.7 Å². The average Bonchev–Trinajstić information content (AvgIpc) is 2.80. The summed E-state index contributed by atoms with van der Waals surface area (Å²) in [6.45, 7) is 1.93. The normalized spacial score (nSPS) is 14.3. The first-order valence-corrected chi connectivity index (χ1v) is 15.0. The molecule has 0 bridgehead atoms. The molecule has 194 valence electrons. The van der Waals surface area contributed by atoms with E-state index in [-0.39, 0.29) is 26.5 Å². The zero-order chi connectivity index (χ0) is 26.7.